The topological polar surface area (TPSA) is 72.2 Å². The van der Waals surface area contributed by atoms with Crippen LogP contribution in [0.5, 0.6) is 0 Å². The zero-order valence-corrected chi connectivity index (χ0v) is 10.6. The maximum Gasteiger partial charge on any atom is 0.316 e. The van der Waals surface area contributed by atoms with Crippen LogP contribution in [0.4, 0.5) is 10.5 Å². The number of hydrogen-bond acceptors (Lipinski definition) is 3. The number of benzene rings is 1. The van der Waals surface area contributed by atoms with Gasteiger partial charge in [0.05, 0.1) is 4.88 Å². The van der Waals surface area contributed by atoms with Crippen molar-refractivity contribution in [3.05, 3.63) is 41.3 Å². The predicted octanol–water partition coefficient (Wildman–Crippen LogP) is 3.11. The van der Waals surface area contributed by atoms with Crippen molar-refractivity contribution in [2.45, 2.75) is 6.92 Å². The number of thiophene rings is 1. The number of carbonyl (C=O) groups excluding carboxylic acids is 2. The summed E-state index contributed by atoms with van der Waals surface area (Å²) in [7, 11) is 0. The first-order chi connectivity index (χ1) is 8.56. The normalized spacial score (nSPS) is 10.1. The van der Waals surface area contributed by atoms with Crippen molar-refractivity contribution in [2.24, 2.45) is 5.73 Å². The average Bonchev–Trinajstić information content (AvgIpc) is 2.78. The van der Waals surface area contributed by atoms with E-state index in [1.807, 2.05) is 24.3 Å². The summed E-state index contributed by atoms with van der Waals surface area (Å²) in [5.41, 5.74) is 6.67. The molecule has 1 heterocycles. The van der Waals surface area contributed by atoms with Crippen LogP contribution in [0.3, 0.4) is 0 Å². The predicted molar refractivity (Wildman–Crippen MR) is 73.0 cm³/mol. The molecule has 5 heteroatoms. The lowest BCUT2D eigenvalue weighted by Gasteiger charge is -2.02. The molecule has 2 amide bonds. The summed E-state index contributed by atoms with van der Waals surface area (Å²) in [6, 6.07) is 10.4. The number of primary amides is 1. The number of ketones is 1. The molecule has 2 rings (SSSR count). The van der Waals surface area contributed by atoms with Gasteiger partial charge in [0.15, 0.2) is 5.78 Å². The van der Waals surface area contributed by atoms with Gasteiger partial charge in [0.25, 0.3) is 0 Å². The Morgan fingerprint density at radius 1 is 1.11 bits per heavy atom. The van der Waals surface area contributed by atoms with Gasteiger partial charge in [0.2, 0.25) is 0 Å². The van der Waals surface area contributed by atoms with Crippen LogP contribution in [0.2, 0.25) is 0 Å². The van der Waals surface area contributed by atoms with E-state index in [-0.39, 0.29) is 5.78 Å². The second-order valence-corrected chi connectivity index (χ2v) is 4.87. The van der Waals surface area contributed by atoms with Crippen LogP contribution in [0, 0.1) is 0 Å². The highest BCUT2D eigenvalue weighted by Crippen LogP contribution is 2.29. The minimum absolute atomic E-state index is 0.0678. The van der Waals surface area contributed by atoms with Gasteiger partial charge < -0.3 is 11.1 Å². The van der Waals surface area contributed by atoms with Gasteiger partial charge >= 0.3 is 6.03 Å². The number of Topliss-reactive ketones (excluding diaryl/α,β-unsaturated/α-hetero) is 1. The fourth-order valence-corrected chi connectivity index (χ4v) is 2.45. The summed E-state index contributed by atoms with van der Waals surface area (Å²) in [5.74, 6) is 0.0678. The molecule has 92 valence electrons. The van der Waals surface area contributed by atoms with E-state index in [0.717, 1.165) is 15.3 Å². The van der Waals surface area contributed by atoms with Gasteiger partial charge in [0.1, 0.15) is 0 Å². The average molecular weight is 260 g/mol. The first-order valence-corrected chi connectivity index (χ1v) is 6.15. The van der Waals surface area contributed by atoms with Crippen LogP contribution in [-0.4, -0.2) is 11.8 Å². The Kier molecular flexibility index (Phi) is 3.43. The third-order valence-corrected chi connectivity index (χ3v) is 3.63. The first kappa shape index (κ1) is 12.3. The molecule has 1 aromatic heterocycles. The number of urea groups is 1. The van der Waals surface area contributed by atoms with E-state index in [2.05, 4.69) is 5.32 Å². The van der Waals surface area contributed by atoms with Gasteiger partial charge in [-0.15, -0.1) is 11.3 Å². The van der Waals surface area contributed by atoms with E-state index < -0.39 is 6.03 Å². The monoisotopic (exact) mass is 260 g/mol. The number of carbonyl (C=O) groups is 2. The number of anilines is 1. The summed E-state index contributed by atoms with van der Waals surface area (Å²) in [5, 5.41) is 2.50. The third kappa shape index (κ3) is 2.75. The lowest BCUT2D eigenvalue weighted by atomic mass is 10.2. The molecule has 0 saturated carbocycles. The van der Waals surface area contributed by atoms with Crippen LogP contribution in [-0.2, 0) is 0 Å². The zero-order chi connectivity index (χ0) is 13.1. The molecular formula is C13H12N2O2S. The SMILES string of the molecule is CC(=O)c1ccc(-c2ccc(NC(N)=O)cc2)s1. The number of rotatable bonds is 3. The molecule has 3 N–H and O–H groups in total. The molecular weight excluding hydrogens is 248 g/mol. The summed E-state index contributed by atoms with van der Waals surface area (Å²) >= 11 is 1.45. The first-order valence-electron chi connectivity index (χ1n) is 5.34. The molecule has 2 aromatic rings. The van der Waals surface area contributed by atoms with Gasteiger partial charge in [-0.3, -0.25) is 4.79 Å². The highest BCUT2D eigenvalue weighted by molar-refractivity contribution is 7.17. The molecule has 4 nitrogen and oxygen atoms in total. The van der Waals surface area contributed by atoms with Crippen LogP contribution in [0.1, 0.15) is 16.6 Å². The van der Waals surface area contributed by atoms with Crippen molar-refractivity contribution >= 4 is 28.8 Å². The van der Waals surface area contributed by atoms with E-state index >= 15 is 0 Å². The van der Waals surface area contributed by atoms with E-state index in [0.29, 0.717) is 5.69 Å². The maximum absolute atomic E-state index is 11.2. The lowest BCUT2D eigenvalue weighted by molar-refractivity contribution is 0.102. The quantitative estimate of drug-likeness (QED) is 0.832. The second kappa shape index (κ2) is 5.01. The third-order valence-electron chi connectivity index (χ3n) is 2.39. The van der Waals surface area contributed by atoms with E-state index in [1.165, 1.54) is 11.3 Å². The molecule has 0 saturated heterocycles. The standard InChI is InChI=1S/C13H12N2O2S/c1-8(16)11-6-7-12(18-11)9-2-4-10(5-3-9)15-13(14)17/h2-7H,1H3,(H3,14,15,17). The largest absolute Gasteiger partial charge is 0.351 e. The second-order valence-electron chi connectivity index (χ2n) is 3.79. The lowest BCUT2D eigenvalue weighted by Crippen LogP contribution is -2.19. The molecule has 0 spiro atoms. The van der Waals surface area contributed by atoms with Crippen molar-refractivity contribution in [1.82, 2.24) is 0 Å². The van der Waals surface area contributed by atoms with Gasteiger partial charge in [-0.1, -0.05) is 12.1 Å². The van der Waals surface area contributed by atoms with E-state index in [1.54, 1.807) is 19.1 Å². The van der Waals surface area contributed by atoms with Gasteiger partial charge in [-0.25, -0.2) is 4.79 Å². The highest BCUT2D eigenvalue weighted by Gasteiger charge is 2.06. The Morgan fingerprint density at radius 3 is 2.28 bits per heavy atom. The van der Waals surface area contributed by atoms with Gasteiger partial charge in [-0.2, -0.15) is 0 Å². The molecule has 18 heavy (non-hydrogen) atoms. The molecule has 0 aliphatic rings. The Hall–Kier alpha value is -2.14. The number of nitrogens with one attached hydrogen (secondary N) is 1. The number of amides is 2. The van der Waals surface area contributed by atoms with Gasteiger partial charge in [-0.05, 0) is 36.8 Å². The van der Waals surface area contributed by atoms with Crippen LogP contribution >= 0.6 is 11.3 Å². The highest BCUT2D eigenvalue weighted by atomic mass is 32.1. The van der Waals surface area contributed by atoms with E-state index in [9.17, 15) is 9.59 Å². The van der Waals surface area contributed by atoms with Crippen molar-refractivity contribution in [2.75, 3.05) is 5.32 Å². The Bertz CT molecular complexity index is 587. The molecule has 0 aliphatic heterocycles. The Labute approximate surface area is 108 Å². The minimum atomic E-state index is -0.585. The van der Waals surface area contributed by atoms with Gasteiger partial charge in [0, 0.05) is 10.6 Å². The summed E-state index contributed by atoms with van der Waals surface area (Å²) < 4.78 is 0. The smallest absolute Gasteiger partial charge is 0.316 e. The molecule has 0 atom stereocenters. The van der Waals surface area contributed by atoms with E-state index in [4.69, 9.17) is 5.73 Å². The Balaban J connectivity index is 2.22. The zero-order valence-electron chi connectivity index (χ0n) is 9.77. The van der Waals surface area contributed by atoms with Crippen LogP contribution in [0.15, 0.2) is 36.4 Å². The maximum atomic E-state index is 11.2. The fraction of sp³-hybridized carbons (Fsp3) is 0.0769. The van der Waals surface area contributed by atoms with Crippen molar-refractivity contribution in [3.63, 3.8) is 0 Å². The molecule has 0 unspecified atom stereocenters. The van der Waals surface area contributed by atoms with Crippen molar-refractivity contribution in [3.8, 4) is 10.4 Å². The summed E-state index contributed by atoms with van der Waals surface area (Å²) in [6.07, 6.45) is 0. The Morgan fingerprint density at radius 2 is 1.78 bits per heavy atom. The summed E-state index contributed by atoms with van der Waals surface area (Å²) in [4.78, 5) is 23.7. The fourth-order valence-electron chi connectivity index (χ4n) is 1.54. The number of hydrogen-bond donors (Lipinski definition) is 2. The minimum Gasteiger partial charge on any atom is -0.351 e. The van der Waals surface area contributed by atoms with Crippen LogP contribution in [0.25, 0.3) is 10.4 Å². The van der Waals surface area contributed by atoms with Crippen molar-refractivity contribution < 1.29 is 9.59 Å². The van der Waals surface area contributed by atoms with Crippen molar-refractivity contribution in [1.29, 1.82) is 0 Å². The molecule has 0 radical (unpaired) electrons. The number of nitrogens with two attached hydrogens (primary N) is 1. The summed E-state index contributed by atoms with van der Waals surface area (Å²) in [6.45, 7) is 1.55. The molecule has 1 aromatic carbocycles. The molecule has 0 bridgehead atoms. The van der Waals surface area contributed by atoms with Crippen LogP contribution < -0.4 is 11.1 Å². The molecule has 0 aliphatic carbocycles. The molecule has 0 fully saturated rings.